The average Bonchev–Trinajstić information content (AvgIpc) is 2.85. The molecule has 0 aliphatic carbocycles. The van der Waals surface area contributed by atoms with Gasteiger partial charge in [-0.05, 0) is 53.7 Å². The molecule has 2 aromatic heterocycles. The smallest absolute Gasteiger partial charge is 0.352 e. The van der Waals surface area contributed by atoms with Crippen molar-refractivity contribution in [2.24, 2.45) is 0 Å². The Kier molecular flexibility index (Phi) is 6.05. The Labute approximate surface area is 162 Å². The van der Waals surface area contributed by atoms with Gasteiger partial charge in [0.25, 0.3) is 0 Å². The van der Waals surface area contributed by atoms with Crippen molar-refractivity contribution in [1.29, 1.82) is 0 Å². The summed E-state index contributed by atoms with van der Waals surface area (Å²) in [6.07, 6.45) is 3.80. The number of aryl methyl sites for hydroxylation is 1. The van der Waals surface area contributed by atoms with Crippen LogP contribution in [0.5, 0.6) is 5.88 Å². The largest absolute Gasteiger partial charge is 0.472 e. The van der Waals surface area contributed by atoms with Crippen molar-refractivity contribution >= 4 is 33.2 Å². The third kappa shape index (κ3) is 4.13. The molecule has 1 saturated heterocycles. The van der Waals surface area contributed by atoms with Gasteiger partial charge in [-0.1, -0.05) is 0 Å². The second kappa shape index (κ2) is 8.28. The van der Waals surface area contributed by atoms with Crippen LogP contribution in [-0.2, 0) is 11.2 Å². The van der Waals surface area contributed by atoms with Gasteiger partial charge in [-0.25, -0.2) is 9.97 Å². The summed E-state index contributed by atoms with van der Waals surface area (Å²) < 4.78 is 13.1. The third-order valence-electron chi connectivity index (χ3n) is 4.07. The summed E-state index contributed by atoms with van der Waals surface area (Å²) in [5.41, 5.74) is 1.22. The number of unbranched alkanes of at least 4 members (excludes halogenated alkanes) is 1. The van der Waals surface area contributed by atoms with E-state index in [2.05, 4.69) is 31.0 Å². The zero-order valence-corrected chi connectivity index (χ0v) is 16.4. The Balaban J connectivity index is 1.56. The Morgan fingerprint density at radius 1 is 1.50 bits per heavy atom. The molecule has 9 nitrogen and oxygen atoms in total. The minimum atomic E-state index is -0.451. The molecule has 1 aliphatic rings. The van der Waals surface area contributed by atoms with Crippen molar-refractivity contribution in [3.8, 4) is 5.88 Å². The van der Waals surface area contributed by atoms with E-state index in [0.29, 0.717) is 38.4 Å². The Morgan fingerprint density at radius 2 is 2.27 bits per heavy atom. The van der Waals surface area contributed by atoms with Crippen LogP contribution in [0.4, 0.5) is 5.69 Å². The maximum atomic E-state index is 11.3. The van der Waals surface area contributed by atoms with Crippen molar-refractivity contribution < 1.29 is 14.4 Å². The minimum Gasteiger partial charge on any atom is -0.472 e. The summed E-state index contributed by atoms with van der Waals surface area (Å²) >= 11 is 9.18. The third-order valence-corrected chi connectivity index (χ3v) is 4.91. The number of hydrogen-bond acceptors (Lipinski definition) is 7. The molecule has 0 unspecified atom stereocenters. The summed E-state index contributed by atoms with van der Waals surface area (Å²) in [6.45, 7) is 3.02. The molecular formula is C15H17BrClN5O4. The number of ether oxygens (including phenoxy) is 2. The van der Waals surface area contributed by atoms with Gasteiger partial charge in [0.15, 0.2) is 0 Å². The molecule has 0 N–H and O–H groups in total. The molecule has 3 rings (SSSR count). The lowest BCUT2D eigenvalue weighted by atomic mass is 10.2. The van der Waals surface area contributed by atoms with Gasteiger partial charge in [0, 0.05) is 6.20 Å². The van der Waals surface area contributed by atoms with Crippen molar-refractivity contribution in [3.63, 3.8) is 0 Å². The van der Waals surface area contributed by atoms with Gasteiger partial charge < -0.3 is 9.47 Å². The second-order valence-corrected chi connectivity index (χ2v) is 7.06. The quantitative estimate of drug-likeness (QED) is 0.265. The van der Waals surface area contributed by atoms with Gasteiger partial charge in [0.2, 0.25) is 5.28 Å². The van der Waals surface area contributed by atoms with E-state index in [-0.39, 0.29) is 22.9 Å². The molecule has 0 spiro atoms. The predicted octanol–water partition coefficient (Wildman–Crippen LogP) is 3.28. The zero-order chi connectivity index (χ0) is 18.7. The molecule has 0 saturated carbocycles. The van der Waals surface area contributed by atoms with Gasteiger partial charge in [-0.15, -0.1) is 5.10 Å². The van der Waals surface area contributed by atoms with Crippen LogP contribution in [-0.4, -0.2) is 44.5 Å². The highest BCUT2D eigenvalue weighted by atomic mass is 79.9. The summed E-state index contributed by atoms with van der Waals surface area (Å²) in [5, 5.41) is 15.8. The number of halogens is 2. The molecule has 1 fully saturated rings. The van der Waals surface area contributed by atoms with Crippen molar-refractivity contribution in [3.05, 3.63) is 37.5 Å². The number of aromatic nitrogens is 4. The molecule has 26 heavy (non-hydrogen) atoms. The summed E-state index contributed by atoms with van der Waals surface area (Å²) in [4.78, 5) is 18.9. The average molecular weight is 447 g/mol. The van der Waals surface area contributed by atoms with E-state index >= 15 is 0 Å². The zero-order valence-electron chi connectivity index (χ0n) is 14.0. The van der Waals surface area contributed by atoms with E-state index in [9.17, 15) is 10.1 Å². The van der Waals surface area contributed by atoms with Crippen LogP contribution in [0, 0.1) is 17.0 Å². The van der Waals surface area contributed by atoms with Gasteiger partial charge in [-0.3, -0.25) is 14.8 Å². The summed E-state index contributed by atoms with van der Waals surface area (Å²) in [6, 6.07) is 0.0333. The van der Waals surface area contributed by atoms with Crippen LogP contribution in [0.3, 0.4) is 0 Å². The van der Waals surface area contributed by atoms with E-state index < -0.39 is 4.92 Å². The van der Waals surface area contributed by atoms with Crippen molar-refractivity contribution in [2.75, 3.05) is 19.8 Å². The molecule has 0 amide bonds. The van der Waals surface area contributed by atoms with Crippen LogP contribution in [0.1, 0.15) is 30.3 Å². The highest BCUT2D eigenvalue weighted by molar-refractivity contribution is 9.10. The monoisotopic (exact) mass is 445 g/mol. The molecule has 1 aliphatic heterocycles. The lowest BCUT2D eigenvalue weighted by molar-refractivity contribution is -0.386. The lowest BCUT2D eigenvalue weighted by Crippen LogP contribution is -2.32. The summed E-state index contributed by atoms with van der Waals surface area (Å²) in [7, 11) is 0. The first-order chi connectivity index (χ1) is 12.5. The normalized spacial score (nSPS) is 14.3. The topological polar surface area (TPSA) is 105 Å². The molecule has 2 aromatic rings. The minimum absolute atomic E-state index is 0.0333. The fourth-order valence-electron chi connectivity index (χ4n) is 2.63. The maximum Gasteiger partial charge on any atom is 0.352 e. The second-order valence-electron chi connectivity index (χ2n) is 5.87. The maximum absolute atomic E-state index is 11.3. The molecule has 3 heterocycles. The van der Waals surface area contributed by atoms with E-state index in [4.69, 9.17) is 21.1 Å². The van der Waals surface area contributed by atoms with Crippen LogP contribution >= 0.6 is 27.5 Å². The molecule has 140 valence electrons. The van der Waals surface area contributed by atoms with Crippen LogP contribution in [0.25, 0.3) is 0 Å². The van der Waals surface area contributed by atoms with Crippen molar-refractivity contribution in [2.45, 2.75) is 32.2 Å². The van der Waals surface area contributed by atoms with Gasteiger partial charge in [0.05, 0.1) is 41.0 Å². The number of hydrogen-bond donors (Lipinski definition) is 0. The van der Waals surface area contributed by atoms with Gasteiger partial charge in [-0.2, -0.15) is 0 Å². The molecule has 0 atom stereocenters. The highest BCUT2D eigenvalue weighted by Gasteiger charge is 2.32. The Bertz CT molecular complexity index is 812. The van der Waals surface area contributed by atoms with Crippen LogP contribution in [0.2, 0.25) is 5.28 Å². The van der Waals surface area contributed by atoms with Gasteiger partial charge >= 0.3 is 11.6 Å². The molecule has 11 heteroatoms. The first-order valence-corrected chi connectivity index (χ1v) is 9.25. The molecule has 0 bridgehead atoms. The fourth-order valence-corrected chi connectivity index (χ4v) is 3.17. The van der Waals surface area contributed by atoms with E-state index in [1.165, 1.54) is 0 Å². The first kappa shape index (κ1) is 19.0. The van der Waals surface area contributed by atoms with Crippen molar-refractivity contribution in [1.82, 2.24) is 19.7 Å². The number of nitro groups is 1. The standard InChI is InChI=1S/C15H17BrClN5O4/c1-9-13(22(23)24)14(20-21(9)10-7-25-8-10)26-5-3-2-4-12-11(16)6-18-15(17)19-12/h6,10H,2-5,7-8H2,1H3. The van der Waals surface area contributed by atoms with Crippen LogP contribution in [0.15, 0.2) is 10.7 Å². The molecule has 0 aromatic carbocycles. The number of nitrogens with zero attached hydrogens (tertiary/aromatic N) is 5. The van der Waals surface area contributed by atoms with Gasteiger partial charge in [0.1, 0.15) is 5.69 Å². The highest BCUT2D eigenvalue weighted by Crippen LogP contribution is 2.33. The fraction of sp³-hybridized carbons (Fsp3) is 0.533. The lowest BCUT2D eigenvalue weighted by Gasteiger charge is -2.26. The molecular weight excluding hydrogens is 430 g/mol. The molecule has 0 radical (unpaired) electrons. The van der Waals surface area contributed by atoms with E-state index in [0.717, 1.165) is 16.6 Å². The van der Waals surface area contributed by atoms with E-state index in [1.807, 2.05) is 0 Å². The predicted molar refractivity (Wildman–Crippen MR) is 96.6 cm³/mol. The Hall–Kier alpha value is -1.78. The van der Waals surface area contributed by atoms with Crippen LogP contribution < -0.4 is 4.74 Å². The van der Waals surface area contributed by atoms with E-state index in [1.54, 1.807) is 17.8 Å². The number of rotatable bonds is 8. The SMILES string of the molecule is Cc1c([N+](=O)[O-])c(OCCCCc2nc(Cl)ncc2Br)nn1C1COC1. The first-order valence-electron chi connectivity index (χ1n) is 8.08. The Morgan fingerprint density at radius 3 is 2.92 bits per heavy atom. The summed E-state index contributed by atoms with van der Waals surface area (Å²) in [5.74, 6) is 0.0608.